The van der Waals surface area contributed by atoms with Gasteiger partial charge in [-0.2, -0.15) is 0 Å². The number of hydrogen-bond acceptors (Lipinski definition) is 0. The number of hydrogen-bond donors (Lipinski definition) is 0. The monoisotopic (exact) mass is 1220 g/mol. The normalized spacial score (nSPS) is 10.9. The van der Waals surface area contributed by atoms with Gasteiger partial charge in [0.25, 0.3) is 0 Å². The van der Waals surface area contributed by atoms with Gasteiger partial charge in [-0.15, -0.1) is 35.4 Å². The molecule has 0 amide bonds. The van der Waals surface area contributed by atoms with E-state index in [9.17, 15) is 0 Å². The number of rotatable bonds is 6. The van der Waals surface area contributed by atoms with Crippen molar-refractivity contribution in [2.75, 3.05) is 0 Å². The molecule has 10 rings (SSSR count). The van der Waals surface area contributed by atoms with Gasteiger partial charge >= 0.3 is 44.8 Å². The maximum atomic E-state index is 7.18. The molecule has 0 unspecified atom stereocenters. The average molecular weight is 1220 g/mol. The Hall–Kier alpha value is -5.18. The SMILES string of the molecule is CC(C)([PH+](c1ccccc1)c1ccccc1)[PH+](c1ccccc1)c1ccccc1.[Au+].[Au+].[C-]#Cc1ccc2c(c1)c1ccccc1n2C.[C-]#Cc1ccc2c(c1)c1ccccc1n2C. The van der Waals surface area contributed by atoms with Gasteiger partial charge in [0.1, 0.15) is 37.1 Å². The van der Waals surface area contributed by atoms with Crippen molar-refractivity contribution in [2.45, 2.75) is 18.7 Å². The van der Waals surface area contributed by atoms with Crippen LogP contribution in [0.25, 0.3) is 43.6 Å². The van der Waals surface area contributed by atoms with Gasteiger partial charge < -0.3 is 22.0 Å². The van der Waals surface area contributed by atoms with Crippen molar-refractivity contribution < 1.29 is 44.8 Å². The Morgan fingerprint density at radius 2 is 0.635 bits per heavy atom. The zero-order valence-corrected chi connectivity index (χ0v) is 42.0. The van der Waals surface area contributed by atoms with Gasteiger partial charge in [-0.05, 0) is 71.4 Å². The molecule has 2 heterocycles. The second kappa shape index (κ2) is 21.5. The number of aromatic nitrogens is 2. The van der Waals surface area contributed by atoms with Crippen molar-refractivity contribution in [2.24, 2.45) is 14.1 Å². The molecular formula is C57H48Au2N2P2+2. The molecule has 10 aromatic rings. The van der Waals surface area contributed by atoms with Crippen molar-refractivity contribution in [3.05, 3.63) is 230 Å². The molecule has 0 spiro atoms. The first-order chi connectivity index (χ1) is 29.8. The number of fused-ring (bicyclic) bond motifs is 6. The van der Waals surface area contributed by atoms with E-state index in [4.69, 9.17) is 12.8 Å². The van der Waals surface area contributed by atoms with Crippen LogP contribution < -0.4 is 21.2 Å². The predicted octanol–water partition coefficient (Wildman–Crippen LogP) is 12.0. The number of para-hydroxylation sites is 2. The van der Waals surface area contributed by atoms with Gasteiger partial charge in [0.15, 0.2) is 4.90 Å². The number of nitrogens with zero attached hydrogens (tertiary/aromatic N) is 2. The Balaban J connectivity index is 0.000000166. The fourth-order valence-electron chi connectivity index (χ4n) is 8.81. The Kier molecular flexibility index (Phi) is 16.1. The molecule has 0 atom stereocenters. The summed E-state index contributed by atoms with van der Waals surface area (Å²) in [5, 5.41) is 10.8. The molecule has 2 aromatic heterocycles. The summed E-state index contributed by atoms with van der Waals surface area (Å²) < 4.78 is 4.36. The van der Waals surface area contributed by atoms with Crippen LogP contribution in [0.2, 0.25) is 0 Å². The smallest absolute Gasteiger partial charge is 0.366 e. The summed E-state index contributed by atoms with van der Waals surface area (Å²) in [6.45, 7) is 5.02. The fraction of sp³-hybridized carbons (Fsp3) is 0.0877. The van der Waals surface area contributed by atoms with Gasteiger partial charge in [-0.25, -0.2) is 0 Å². The summed E-state index contributed by atoms with van der Waals surface area (Å²) >= 11 is 0. The van der Waals surface area contributed by atoms with Gasteiger partial charge in [-0.1, -0.05) is 121 Å². The second-order valence-corrected chi connectivity index (χ2v) is 22.5. The van der Waals surface area contributed by atoms with E-state index >= 15 is 0 Å². The Labute approximate surface area is 406 Å². The predicted molar refractivity (Wildman–Crippen MR) is 268 cm³/mol. The average Bonchev–Trinajstić information content (AvgIpc) is 3.77. The zero-order chi connectivity index (χ0) is 42.3. The molecule has 63 heavy (non-hydrogen) atoms. The van der Waals surface area contributed by atoms with E-state index in [0.717, 1.165) is 11.1 Å². The van der Waals surface area contributed by atoms with Crippen molar-refractivity contribution in [3.63, 3.8) is 0 Å². The van der Waals surface area contributed by atoms with Gasteiger partial charge in [0.2, 0.25) is 0 Å². The fourth-order valence-corrected chi connectivity index (χ4v) is 17.2. The third-order valence-electron chi connectivity index (χ3n) is 11.6. The van der Waals surface area contributed by atoms with Crippen LogP contribution in [0.4, 0.5) is 0 Å². The maximum Gasteiger partial charge on any atom is 1.00 e. The van der Waals surface area contributed by atoms with Gasteiger partial charge in [0.05, 0.1) is 0 Å². The summed E-state index contributed by atoms with van der Waals surface area (Å²) in [5.41, 5.74) is 6.48. The molecule has 2 nitrogen and oxygen atoms in total. The van der Waals surface area contributed by atoms with Gasteiger partial charge in [0, 0.05) is 60.8 Å². The molecule has 0 fully saturated rings. The Bertz CT molecular complexity index is 2870. The standard InChI is InChI=1S/C27H26P2.2C15H10N.2Au/c1-27(2,28(23-15-7-3-8-16-23)24-17-9-4-10-18-24)29(25-19-11-5-12-20-25)26-21-13-6-14-22-26;2*1-3-11-8-9-15-13(10-11)12-6-4-5-7-14(12)16(15)2;;/h3-22H,1-2H3;2*4-10H,2H3;;/q;2*-1;2*+1/p+2. The van der Waals surface area contributed by atoms with Gasteiger partial charge in [-0.3, -0.25) is 11.8 Å². The molecule has 0 saturated carbocycles. The van der Waals surface area contributed by atoms with E-state index in [1.165, 1.54) is 64.8 Å². The van der Waals surface area contributed by atoms with Crippen LogP contribution in [0, 0.1) is 24.7 Å². The molecule has 0 radical (unpaired) electrons. The minimum absolute atomic E-state index is 0. The topological polar surface area (TPSA) is 9.86 Å². The molecule has 8 aromatic carbocycles. The van der Waals surface area contributed by atoms with Crippen LogP contribution in [0.3, 0.4) is 0 Å². The maximum absolute atomic E-state index is 7.18. The van der Waals surface area contributed by atoms with E-state index in [1.54, 1.807) is 0 Å². The number of benzene rings is 8. The minimum Gasteiger partial charge on any atom is -0.366 e. The summed E-state index contributed by atoms with van der Waals surface area (Å²) in [5.74, 6) is 4.87. The summed E-state index contributed by atoms with van der Waals surface area (Å²) in [4.78, 5) is 0.154. The van der Waals surface area contributed by atoms with Crippen molar-refractivity contribution in [1.82, 2.24) is 9.13 Å². The van der Waals surface area contributed by atoms with E-state index in [0.29, 0.717) is 0 Å². The molecule has 0 saturated heterocycles. The van der Waals surface area contributed by atoms with Crippen LogP contribution in [0.5, 0.6) is 0 Å². The molecule has 0 N–H and O–H groups in total. The summed E-state index contributed by atoms with van der Waals surface area (Å²) in [7, 11) is 2.09. The first-order valence-electron chi connectivity index (χ1n) is 20.6. The van der Waals surface area contributed by atoms with Crippen LogP contribution in [-0.2, 0) is 58.9 Å². The zero-order valence-electron chi connectivity index (χ0n) is 35.6. The largest absolute Gasteiger partial charge is 1.00 e. The number of aryl methyl sites for hydroxylation is 2. The van der Waals surface area contributed by atoms with E-state index in [2.05, 4.69) is 195 Å². The van der Waals surface area contributed by atoms with Crippen molar-refractivity contribution in [1.29, 1.82) is 0 Å². The van der Waals surface area contributed by atoms with Crippen molar-refractivity contribution in [3.8, 4) is 11.8 Å². The molecular weight excluding hydrogens is 1170 g/mol. The quantitative estimate of drug-likeness (QED) is 0.0680. The first kappa shape index (κ1) is 47.3. The molecule has 6 heteroatoms. The third-order valence-corrected chi connectivity index (χ3v) is 19.3. The third kappa shape index (κ3) is 9.98. The first-order valence-corrected chi connectivity index (χ1v) is 23.6. The summed E-state index contributed by atoms with van der Waals surface area (Å²) in [6, 6.07) is 73.3. The molecule has 0 aliphatic carbocycles. The Morgan fingerprint density at radius 3 is 0.937 bits per heavy atom. The van der Waals surface area contributed by atoms with Crippen LogP contribution >= 0.6 is 15.8 Å². The molecule has 316 valence electrons. The van der Waals surface area contributed by atoms with Crippen LogP contribution in [0.15, 0.2) is 206 Å². The molecule has 0 aliphatic rings. The van der Waals surface area contributed by atoms with Crippen LogP contribution in [0.1, 0.15) is 25.0 Å². The van der Waals surface area contributed by atoms with E-state index in [-0.39, 0.29) is 49.7 Å². The molecule has 0 aliphatic heterocycles. The molecule has 0 bridgehead atoms. The summed E-state index contributed by atoms with van der Waals surface area (Å²) in [6.07, 6.45) is 14.4. The second-order valence-electron chi connectivity index (χ2n) is 15.7. The minimum atomic E-state index is -1.02. The van der Waals surface area contributed by atoms with Crippen LogP contribution in [-0.4, -0.2) is 14.0 Å². The van der Waals surface area contributed by atoms with E-state index < -0.39 is 15.8 Å². The van der Waals surface area contributed by atoms with Crippen molar-refractivity contribution >= 4 is 80.7 Å². The van der Waals surface area contributed by atoms with E-state index in [1.807, 2.05) is 60.7 Å². The Morgan fingerprint density at radius 1 is 0.365 bits per heavy atom.